The van der Waals surface area contributed by atoms with E-state index in [9.17, 15) is 4.79 Å². The molecule has 0 aromatic carbocycles. The third kappa shape index (κ3) is 3.48. The van der Waals surface area contributed by atoms with Crippen LogP contribution in [0.1, 0.15) is 30.8 Å². The lowest BCUT2D eigenvalue weighted by Gasteiger charge is -2.20. The average Bonchev–Trinajstić information content (AvgIpc) is 2.87. The largest absolute Gasteiger partial charge is 0.368 e. The molecule has 0 saturated carbocycles. The SMILES string of the molecule is CC(C)Nc1cccc(C(=O)N2CCC(N(C)C)C2)n1. The van der Waals surface area contributed by atoms with Gasteiger partial charge in [0.25, 0.3) is 5.91 Å². The molecule has 5 nitrogen and oxygen atoms in total. The van der Waals surface area contributed by atoms with Gasteiger partial charge in [0, 0.05) is 25.2 Å². The molecule has 1 atom stereocenters. The number of anilines is 1. The molecule has 1 unspecified atom stereocenters. The van der Waals surface area contributed by atoms with Crippen LogP contribution in [-0.2, 0) is 0 Å². The Hall–Kier alpha value is -1.62. The van der Waals surface area contributed by atoms with Crippen LogP contribution >= 0.6 is 0 Å². The van der Waals surface area contributed by atoms with Crippen LogP contribution in [0.15, 0.2) is 18.2 Å². The van der Waals surface area contributed by atoms with E-state index in [1.807, 2.05) is 17.0 Å². The van der Waals surface area contributed by atoms with E-state index < -0.39 is 0 Å². The Labute approximate surface area is 121 Å². The van der Waals surface area contributed by atoms with Crippen LogP contribution in [0.25, 0.3) is 0 Å². The molecule has 1 saturated heterocycles. The van der Waals surface area contributed by atoms with Gasteiger partial charge in [0.2, 0.25) is 0 Å². The van der Waals surface area contributed by atoms with Gasteiger partial charge in [-0.2, -0.15) is 0 Å². The summed E-state index contributed by atoms with van der Waals surface area (Å²) < 4.78 is 0. The fraction of sp³-hybridized carbons (Fsp3) is 0.600. The van der Waals surface area contributed by atoms with Crippen molar-refractivity contribution in [2.45, 2.75) is 32.4 Å². The topological polar surface area (TPSA) is 48.5 Å². The summed E-state index contributed by atoms with van der Waals surface area (Å²) in [4.78, 5) is 21.0. The molecule has 0 radical (unpaired) electrons. The van der Waals surface area contributed by atoms with E-state index in [2.05, 4.69) is 43.1 Å². The second-order valence-corrected chi connectivity index (χ2v) is 5.86. The first kappa shape index (κ1) is 14.8. The predicted molar refractivity (Wildman–Crippen MR) is 81.0 cm³/mol. The van der Waals surface area contributed by atoms with E-state index in [-0.39, 0.29) is 5.91 Å². The number of likely N-dealkylation sites (tertiary alicyclic amines) is 1. The highest BCUT2D eigenvalue weighted by Gasteiger charge is 2.28. The van der Waals surface area contributed by atoms with E-state index in [0.717, 1.165) is 25.3 Å². The Morgan fingerprint density at radius 1 is 1.45 bits per heavy atom. The quantitative estimate of drug-likeness (QED) is 0.909. The molecule has 1 N–H and O–H groups in total. The molecule has 5 heteroatoms. The molecular weight excluding hydrogens is 252 g/mol. The number of pyridine rings is 1. The third-order valence-corrected chi connectivity index (χ3v) is 3.59. The van der Waals surface area contributed by atoms with Crippen molar-refractivity contribution in [1.82, 2.24) is 14.8 Å². The number of hydrogen-bond acceptors (Lipinski definition) is 4. The van der Waals surface area contributed by atoms with Crippen molar-refractivity contribution in [3.05, 3.63) is 23.9 Å². The van der Waals surface area contributed by atoms with Crippen molar-refractivity contribution in [3.63, 3.8) is 0 Å². The van der Waals surface area contributed by atoms with Crippen LogP contribution in [0.5, 0.6) is 0 Å². The van der Waals surface area contributed by atoms with Gasteiger partial charge in [-0.15, -0.1) is 0 Å². The molecule has 20 heavy (non-hydrogen) atoms. The summed E-state index contributed by atoms with van der Waals surface area (Å²) in [6, 6.07) is 6.32. The molecule has 1 aliphatic heterocycles. The summed E-state index contributed by atoms with van der Waals surface area (Å²) in [5.74, 6) is 0.788. The standard InChI is InChI=1S/C15H24N4O/c1-11(2)16-14-7-5-6-13(17-14)15(20)19-9-8-12(10-19)18(3)4/h5-7,11-12H,8-10H2,1-4H3,(H,16,17). The molecule has 0 aliphatic carbocycles. The van der Waals surface area contributed by atoms with Gasteiger partial charge < -0.3 is 15.1 Å². The zero-order chi connectivity index (χ0) is 14.7. The number of nitrogens with zero attached hydrogens (tertiary/aromatic N) is 3. The van der Waals surface area contributed by atoms with Crippen LogP contribution in [0.2, 0.25) is 0 Å². The van der Waals surface area contributed by atoms with E-state index >= 15 is 0 Å². The number of nitrogens with one attached hydrogen (secondary N) is 1. The van der Waals surface area contributed by atoms with Crippen LogP contribution in [-0.4, -0.2) is 60.0 Å². The number of likely N-dealkylation sites (N-methyl/N-ethyl adjacent to an activating group) is 1. The van der Waals surface area contributed by atoms with E-state index in [0.29, 0.717) is 17.8 Å². The van der Waals surface area contributed by atoms with Crippen LogP contribution in [0.4, 0.5) is 5.82 Å². The number of rotatable bonds is 4. The molecule has 0 spiro atoms. The number of carbonyl (C=O) groups is 1. The Balaban J connectivity index is 2.06. The summed E-state index contributed by atoms with van der Waals surface area (Å²) in [5, 5.41) is 3.23. The maximum Gasteiger partial charge on any atom is 0.272 e. The smallest absolute Gasteiger partial charge is 0.272 e. The van der Waals surface area contributed by atoms with Crippen LogP contribution in [0, 0.1) is 0 Å². The summed E-state index contributed by atoms with van der Waals surface area (Å²) in [6.45, 7) is 5.71. The molecule has 1 fully saturated rings. The lowest BCUT2D eigenvalue weighted by Crippen LogP contribution is -2.34. The van der Waals surface area contributed by atoms with Crippen molar-refractivity contribution in [2.75, 3.05) is 32.5 Å². The zero-order valence-electron chi connectivity index (χ0n) is 12.8. The van der Waals surface area contributed by atoms with Gasteiger partial charge in [0.05, 0.1) is 0 Å². The van der Waals surface area contributed by atoms with E-state index in [4.69, 9.17) is 0 Å². The van der Waals surface area contributed by atoms with Crippen molar-refractivity contribution >= 4 is 11.7 Å². The van der Waals surface area contributed by atoms with Crippen molar-refractivity contribution in [3.8, 4) is 0 Å². The Morgan fingerprint density at radius 2 is 2.20 bits per heavy atom. The third-order valence-electron chi connectivity index (χ3n) is 3.59. The first-order valence-electron chi connectivity index (χ1n) is 7.16. The molecule has 2 rings (SSSR count). The van der Waals surface area contributed by atoms with Gasteiger partial charge >= 0.3 is 0 Å². The molecule has 0 bridgehead atoms. The predicted octanol–water partition coefficient (Wildman–Crippen LogP) is 1.68. The summed E-state index contributed by atoms with van der Waals surface area (Å²) in [5.41, 5.74) is 0.523. The van der Waals surface area contributed by atoms with Gasteiger partial charge in [-0.1, -0.05) is 6.07 Å². The Kier molecular flexibility index (Phi) is 4.60. The number of carbonyl (C=O) groups excluding carboxylic acids is 1. The maximum absolute atomic E-state index is 12.5. The van der Waals surface area contributed by atoms with Gasteiger partial charge in [-0.25, -0.2) is 4.98 Å². The second-order valence-electron chi connectivity index (χ2n) is 5.86. The molecular formula is C15H24N4O. The number of aromatic nitrogens is 1. The maximum atomic E-state index is 12.5. The van der Waals surface area contributed by atoms with Crippen molar-refractivity contribution < 1.29 is 4.79 Å². The molecule has 1 amide bonds. The molecule has 1 aromatic rings. The van der Waals surface area contributed by atoms with Gasteiger partial charge in [-0.05, 0) is 46.5 Å². The fourth-order valence-corrected chi connectivity index (χ4v) is 2.44. The monoisotopic (exact) mass is 276 g/mol. The first-order valence-corrected chi connectivity index (χ1v) is 7.16. The molecule has 2 heterocycles. The van der Waals surface area contributed by atoms with Gasteiger partial charge in [0.1, 0.15) is 11.5 Å². The minimum Gasteiger partial charge on any atom is -0.368 e. The Bertz CT molecular complexity index is 473. The fourth-order valence-electron chi connectivity index (χ4n) is 2.44. The summed E-state index contributed by atoms with van der Waals surface area (Å²) in [6.07, 6.45) is 1.03. The highest BCUT2D eigenvalue weighted by Crippen LogP contribution is 2.16. The molecule has 1 aromatic heterocycles. The lowest BCUT2D eigenvalue weighted by molar-refractivity contribution is 0.0777. The number of hydrogen-bond donors (Lipinski definition) is 1. The van der Waals surface area contributed by atoms with E-state index in [1.54, 1.807) is 6.07 Å². The van der Waals surface area contributed by atoms with Gasteiger partial charge in [0.15, 0.2) is 0 Å². The van der Waals surface area contributed by atoms with E-state index in [1.165, 1.54) is 0 Å². The van der Waals surface area contributed by atoms with Gasteiger partial charge in [-0.3, -0.25) is 4.79 Å². The lowest BCUT2D eigenvalue weighted by atomic mass is 10.2. The highest BCUT2D eigenvalue weighted by molar-refractivity contribution is 5.92. The van der Waals surface area contributed by atoms with Crippen molar-refractivity contribution in [1.29, 1.82) is 0 Å². The Morgan fingerprint density at radius 3 is 2.80 bits per heavy atom. The van der Waals surface area contributed by atoms with Crippen LogP contribution < -0.4 is 5.32 Å². The minimum absolute atomic E-state index is 0.0294. The second kappa shape index (κ2) is 6.22. The number of amides is 1. The molecule has 1 aliphatic rings. The average molecular weight is 276 g/mol. The summed E-state index contributed by atoms with van der Waals surface area (Å²) >= 11 is 0. The summed E-state index contributed by atoms with van der Waals surface area (Å²) in [7, 11) is 4.12. The van der Waals surface area contributed by atoms with Crippen molar-refractivity contribution in [2.24, 2.45) is 0 Å². The minimum atomic E-state index is 0.0294. The van der Waals surface area contributed by atoms with Crippen LogP contribution in [0.3, 0.4) is 0 Å². The zero-order valence-corrected chi connectivity index (χ0v) is 12.8. The normalized spacial score (nSPS) is 18.9. The first-order chi connectivity index (χ1) is 9.47. The molecule has 110 valence electrons. The highest BCUT2D eigenvalue weighted by atomic mass is 16.2.